The van der Waals surface area contributed by atoms with Crippen LogP contribution < -0.4 is 14.8 Å². The van der Waals surface area contributed by atoms with Crippen LogP contribution in [0.3, 0.4) is 0 Å². The molecule has 0 bridgehead atoms. The molecule has 0 aliphatic carbocycles. The molecule has 2 heterocycles. The molecular weight excluding hydrogens is 445 g/mol. The van der Waals surface area contributed by atoms with Crippen molar-refractivity contribution in [3.63, 3.8) is 0 Å². The number of urea groups is 1. The van der Waals surface area contributed by atoms with Crippen molar-refractivity contribution in [2.24, 2.45) is 0 Å². The summed E-state index contributed by atoms with van der Waals surface area (Å²) in [4.78, 5) is 16.7. The largest absolute Gasteiger partial charge is 0.454 e. The molecule has 7 heteroatoms. The normalized spacial score (nSPS) is 16.6. The predicted octanol–water partition coefficient (Wildman–Crippen LogP) is 3.37. The molecule has 2 aliphatic rings. The number of carbonyl (C=O) groups is 1. The fourth-order valence-electron chi connectivity index (χ4n) is 3.16. The van der Waals surface area contributed by atoms with Crippen LogP contribution in [0.2, 0.25) is 0 Å². The van der Waals surface area contributed by atoms with Gasteiger partial charge in [0.05, 0.1) is 5.69 Å². The molecule has 0 atom stereocenters. The number of nitrogens with one attached hydrogen (secondary N) is 1. The Morgan fingerprint density at radius 2 is 1.81 bits per heavy atom. The molecule has 0 unspecified atom stereocenters. The van der Waals surface area contributed by atoms with Gasteiger partial charge in [0.1, 0.15) is 0 Å². The van der Waals surface area contributed by atoms with E-state index < -0.39 is 0 Å². The van der Waals surface area contributed by atoms with E-state index in [1.54, 1.807) is 0 Å². The van der Waals surface area contributed by atoms with E-state index in [0.29, 0.717) is 6.79 Å². The van der Waals surface area contributed by atoms with E-state index >= 15 is 0 Å². The third-order valence-electron chi connectivity index (χ3n) is 4.62. The molecule has 4 rings (SSSR count). The Morgan fingerprint density at radius 1 is 1.04 bits per heavy atom. The van der Waals surface area contributed by atoms with Crippen LogP contribution in [-0.4, -0.2) is 48.8 Å². The molecule has 1 saturated heterocycles. The maximum absolute atomic E-state index is 12.5. The molecule has 2 aliphatic heterocycles. The van der Waals surface area contributed by atoms with Crippen LogP contribution in [0.1, 0.15) is 5.56 Å². The van der Waals surface area contributed by atoms with Crippen LogP contribution in [-0.2, 0) is 6.54 Å². The van der Waals surface area contributed by atoms with E-state index in [2.05, 4.69) is 38.9 Å². The first-order chi connectivity index (χ1) is 12.7. The van der Waals surface area contributed by atoms with Crippen molar-refractivity contribution in [3.05, 3.63) is 51.6 Å². The van der Waals surface area contributed by atoms with Crippen molar-refractivity contribution in [3.8, 4) is 11.5 Å². The molecule has 1 N–H and O–H groups in total. The Bertz CT molecular complexity index is 806. The molecule has 1 fully saturated rings. The highest BCUT2D eigenvalue weighted by Crippen LogP contribution is 2.32. The number of halogens is 1. The van der Waals surface area contributed by atoms with E-state index in [1.807, 2.05) is 41.3 Å². The average molecular weight is 465 g/mol. The lowest BCUT2D eigenvalue weighted by Gasteiger charge is -2.34. The van der Waals surface area contributed by atoms with Crippen LogP contribution in [0, 0.1) is 3.57 Å². The fourth-order valence-corrected chi connectivity index (χ4v) is 3.69. The average Bonchev–Trinajstić information content (AvgIpc) is 3.12. The standard InChI is InChI=1S/C19H20IN3O3/c20-15-3-1-2-4-16(15)21-19(24)23-9-7-22(8-10-23)12-14-5-6-17-18(11-14)26-13-25-17/h1-6,11H,7-10,12-13H2,(H,21,24). The number of benzene rings is 2. The van der Waals surface area contributed by atoms with Crippen LogP contribution in [0.15, 0.2) is 42.5 Å². The van der Waals surface area contributed by atoms with Crippen molar-refractivity contribution >= 4 is 34.3 Å². The van der Waals surface area contributed by atoms with Gasteiger partial charge in [0.2, 0.25) is 6.79 Å². The third-order valence-corrected chi connectivity index (χ3v) is 5.56. The molecule has 2 aromatic rings. The summed E-state index contributed by atoms with van der Waals surface area (Å²) in [6.07, 6.45) is 0. The quantitative estimate of drug-likeness (QED) is 0.707. The molecule has 0 radical (unpaired) electrons. The minimum atomic E-state index is -0.0307. The van der Waals surface area contributed by atoms with Crippen molar-refractivity contribution < 1.29 is 14.3 Å². The molecule has 0 aromatic heterocycles. The Morgan fingerprint density at radius 3 is 2.62 bits per heavy atom. The summed E-state index contributed by atoms with van der Waals surface area (Å²) in [5.74, 6) is 1.63. The molecule has 6 nitrogen and oxygen atoms in total. The summed E-state index contributed by atoms with van der Waals surface area (Å²) in [5, 5.41) is 3.00. The Kier molecular flexibility index (Phi) is 5.16. The molecule has 26 heavy (non-hydrogen) atoms. The first kappa shape index (κ1) is 17.4. The highest BCUT2D eigenvalue weighted by atomic mass is 127. The summed E-state index contributed by atoms with van der Waals surface area (Å²) < 4.78 is 11.8. The van der Waals surface area contributed by atoms with Gasteiger partial charge in [0.25, 0.3) is 0 Å². The number of hydrogen-bond acceptors (Lipinski definition) is 4. The van der Waals surface area contributed by atoms with Crippen molar-refractivity contribution in [2.75, 3.05) is 38.3 Å². The summed E-state index contributed by atoms with van der Waals surface area (Å²) in [7, 11) is 0. The number of para-hydroxylation sites is 1. The summed E-state index contributed by atoms with van der Waals surface area (Å²) in [6, 6.07) is 13.9. The minimum Gasteiger partial charge on any atom is -0.454 e. The second-order valence-electron chi connectivity index (χ2n) is 6.36. The number of ether oxygens (including phenoxy) is 2. The first-order valence-corrected chi connectivity index (χ1v) is 9.68. The van der Waals surface area contributed by atoms with E-state index in [4.69, 9.17) is 9.47 Å². The number of carbonyl (C=O) groups excluding carboxylic acids is 1. The monoisotopic (exact) mass is 465 g/mol. The topological polar surface area (TPSA) is 54.0 Å². The zero-order chi connectivity index (χ0) is 17.9. The van der Waals surface area contributed by atoms with E-state index in [0.717, 1.165) is 53.5 Å². The molecular formula is C19H20IN3O3. The summed E-state index contributed by atoms with van der Waals surface area (Å²) in [5.41, 5.74) is 2.06. The molecule has 0 spiro atoms. The smallest absolute Gasteiger partial charge is 0.321 e. The number of rotatable bonds is 3. The van der Waals surface area contributed by atoms with Gasteiger partial charge in [-0.15, -0.1) is 0 Å². The van der Waals surface area contributed by atoms with Gasteiger partial charge in [0.15, 0.2) is 11.5 Å². The molecule has 0 saturated carbocycles. The van der Waals surface area contributed by atoms with Gasteiger partial charge in [-0.2, -0.15) is 0 Å². The number of fused-ring (bicyclic) bond motifs is 1. The Labute approximate surface area is 166 Å². The van der Waals surface area contributed by atoms with Gasteiger partial charge in [-0.25, -0.2) is 4.79 Å². The molecule has 2 aromatic carbocycles. The summed E-state index contributed by atoms with van der Waals surface area (Å²) in [6.45, 7) is 4.30. The van der Waals surface area contributed by atoms with Crippen molar-refractivity contribution in [1.82, 2.24) is 9.80 Å². The van der Waals surface area contributed by atoms with Crippen LogP contribution in [0.4, 0.5) is 10.5 Å². The zero-order valence-electron chi connectivity index (χ0n) is 14.3. The fraction of sp³-hybridized carbons (Fsp3) is 0.316. The SMILES string of the molecule is O=C(Nc1ccccc1I)N1CCN(Cc2ccc3c(c2)OCO3)CC1. The van der Waals surface area contributed by atoms with Gasteiger partial charge in [-0.05, 0) is 52.4 Å². The second kappa shape index (κ2) is 7.71. The number of anilines is 1. The Hall–Kier alpha value is -2.00. The zero-order valence-corrected chi connectivity index (χ0v) is 16.4. The number of amides is 2. The van der Waals surface area contributed by atoms with Crippen LogP contribution in [0.5, 0.6) is 11.5 Å². The van der Waals surface area contributed by atoms with E-state index in [1.165, 1.54) is 5.56 Å². The van der Waals surface area contributed by atoms with Crippen molar-refractivity contribution in [1.29, 1.82) is 0 Å². The highest BCUT2D eigenvalue weighted by molar-refractivity contribution is 14.1. The molecule has 2 amide bonds. The number of hydrogen-bond donors (Lipinski definition) is 1. The lowest BCUT2D eigenvalue weighted by atomic mass is 10.1. The van der Waals surface area contributed by atoms with E-state index in [-0.39, 0.29) is 6.03 Å². The summed E-state index contributed by atoms with van der Waals surface area (Å²) >= 11 is 2.23. The van der Waals surface area contributed by atoms with Gasteiger partial charge in [-0.1, -0.05) is 18.2 Å². The number of piperazine rings is 1. The van der Waals surface area contributed by atoms with Crippen molar-refractivity contribution in [2.45, 2.75) is 6.54 Å². The van der Waals surface area contributed by atoms with Gasteiger partial charge >= 0.3 is 6.03 Å². The second-order valence-corrected chi connectivity index (χ2v) is 7.52. The predicted molar refractivity (Wildman–Crippen MR) is 108 cm³/mol. The lowest BCUT2D eigenvalue weighted by Crippen LogP contribution is -2.49. The third kappa shape index (κ3) is 3.88. The first-order valence-electron chi connectivity index (χ1n) is 8.60. The van der Waals surface area contributed by atoms with E-state index in [9.17, 15) is 4.79 Å². The maximum atomic E-state index is 12.5. The van der Waals surface area contributed by atoms with Gasteiger partial charge in [-0.3, -0.25) is 4.90 Å². The minimum absolute atomic E-state index is 0.0307. The number of nitrogens with zero attached hydrogens (tertiary/aromatic N) is 2. The van der Waals surface area contributed by atoms with Gasteiger partial charge in [0, 0.05) is 36.3 Å². The highest BCUT2D eigenvalue weighted by Gasteiger charge is 2.22. The van der Waals surface area contributed by atoms with Gasteiger partial charge < -0.3 is 19.7 Å². The molecule has 136 valence electrons. The lowest BCUT2D eigenvalue weighted by molar-refractivity contribution is 0.143. The maximum Gasteiger partial charge on any atom is 0.321 e. The van der Waals surface area contributed by atoms with Crippen LogP contribution in [0.25, 0.3) is 0 Å². The van der Waals surface area contributed by atoms with Crippen LogP contribution >= 0.6 is 22.6 Å². The Balaban J connectivity index is 1.30.